The molecule has 0 heterocycles. The molecule has 0 atom stereocenters. The highest BCUT2D eigenvalue weighted by Gasteiger charge is 1.86. The van der Waals surface area contributed by atoms with Crippen LogP contribution in [0.1, 0.15) is 0 Å². The van der Waals surface area contributed by atoms with E-state index in [1.165, 1.54) is 0 Å². The van der Waals surface area contributed by atoms with Crippen LogP contribution in [-0.4, -0.2) is 25.5 Å². The Kier molecular flexibility index (Phi) is 4.79. The molecule has 0 aliphatic rings. The molecule has 0 saturated heterocycles. The summed E-state index contributed by atoms with van der Waals surface area (Å²) >= 11 is 1.57. The lowest BCUT2D eigenvalue weighted by Crippen LogP contribution is -2.31. The lowest BCUT2D eigenvalue weighted by atomic mass is 11.2. The van der Waals surface area contributed by atoms with Gasteiger partial charge in [-0.05, 0) is 6.26 Å². The summed E-state index contributed by atoms with van der Waals surface area (Å²) in [4.78, 5) is 3.90. The van der Waals surface area contributed by atoms with Crippen LogP contribution in [-0.2, 0) is 0 Å². The zero-order valence-electron chi connectivity index (χ0n) is 5.36. The maximum absolute atomic E-state index is 3.90. The molecule has 0 amide bonds. The fourth-order valence-electron chi connectivity index (χ4n) is 0.305. The first-order valence-electron chi connectivity index (χ1n) is 2.28. The Morgan fingerprint density at radius 2 is 2.25 bits per heavy atom. The van der Waals surface area contributed by atoms with Gasteiger partial charge >= 0.3 is 0 Å². The highest BCUT2D eigenvalue weighted by atomic mass is 32.2. The number of hydrazine groups is 1. The van der Waals surface area contributed by atoms with Crippen molar-refractivity contribution in [1.29, 1.82) is 0 Å². The van der Waals surface area contributed by atoms with Crippen LogP contribution in [0.5, 0.6) is 0 Å². The SMILES string of the molecule is C/N=C(\NNC)SC. The number of rotatable bonds is 1. The van der Waals surface area contributed by atoms with Gasteiger partial charge in [-0.15, -0.1) is 0 Å². The van der Waals surface area contributed by atoms with E-state index in [1.807, 2.05) is 6.26 Å². The topological polar surface area (TPSA) is 36.4 Å². The minimum Gasteiger partial charge on any atom is -0.301 e. The molecule has 0 aromatic rings. The summed E-state index contributed by atoms with van der Waals surface area (Å²) in [6.07, 6.45) is 1.96. The van der Waals surface area contributed by atoms with Gasteiger partial charge in [0.25, 0.3) is 0 Å². The number of amidine groups is 1. The molecule has 0 unspecified atom stereocenters. The molecule has 0 rings (SSSR count). The van der Waals surface area contributed by atoms with Crippen molar-refractivity contribution in [2.45, 2.75) is 0 Å². The first kappa shape index (κ1) is 7.78. The van der Waals surface area contributed by atoms with Crippen molar-refractivity contribution >= 4 is 16.9 Å². The maximum Gasteiger partial charge on any atom is 0.170 e. The van der Waals surface area contributed by atoms with Gasteiger partial charge in [0.1, 0.15) is 0 Å². The third-order valence-electron chi connectivity index (χ3n) is 0.628. The lowest BCUT2D eigenvalue weighted by Gasteiger charge is -2.01. The molecule has 0 radical (unpaired) electrons. The summed E-state index contributed by atoms with van der Waals surface area (Å²) in [6, 6.07) is 0. The number of nitrogens with one attached hydrogen (secondary N) is 2. The van der Waals surface area contributed by atoms with E-state index in [9.17, 15) is 0 Å². The molecular weight excluding hydrogens is 122 g/mol. The summed E-state index contributed by atoms with van der Waals surface area (Å²) in [5.41, 5.74) is 5.61. The number of aliphatic imine (C=N–C) groups is 1. The van der Waals surface area contributed by atoms with Gasteiger partial charge in [-0.1, -0.05) is 11.8 Å². The first-order valence-corrected chi connectivity index (χ1v) is 3.51. The maximum atomic E-state index is 3.90. The molecule has 3 nitrogen and oxygen atoms in total. The quantitative estimate of drug-likeness (QED) is 0.302. The number of hydrogen-bond donors (Lipinski definition) is 2. The minimum absolute atomic E-state index is 0.896. The molecule has 0 fully saturated rings. The Bertz CT molecular complexity index is 81.4. The molecule has 0 bridgehead atoms. The predicted molar refractivity (Wildman–Crippen MR) is 39.1 cm³/mol. The fourth-order valence-corrected chi connectivity index (χ4v) is 0.692. The van der Waals surface area contributed by atoms with Gasteiger partial charge in [0, 0.05) is 14.1 Å². The zero-order chi connectivity index (χ0) is 6.41. The van der Waals surface area contributed by atoms with Crippen LogP contribution in [0.3, 0.4) is 0 Å². The van der Waals surface area contributed by atoms with Crippen LogP contribution in [0.15, 0.2) is 4.99 Å². The predicted octanol–water partition coefficient (Wildman–Crippen LogP) is 0.0592. The van der Waals surface area contributed by atoms with Crippen LogP contribution < -0.4 is 10.9 Å². The molecular formula is C4H11N3S. The molecule has 0 saturated carbocycles. The standard InChI is InChI=1S/C4H11N3S/c1-5-4(8-3)7-6-2/h6H,1-3H3,(H,5,7). The van der Waals surface area contributed by atoms with Crippen molar-refractivity contribution in [3.8, 4) is 0 Å². The van der Waals surface area contributed by atoms with E-state index < -0.39 is 0 Å². The van der Waals surface area contributed by atoms with E-state index in [-0.39, 0.29) is 0 Å². The van der Waals surface area contributed by atoms with Crippen LogP contribution in [0, 0.1) is 0 Å². The van der Waals surface area contributed by atoms with Crippen molar-refractivity contribution in [2.24, 2.45) is 4.99 Å². The second kappa shape index (κ2) is 4.93. The van der Waals surface area contributed by atoms with Crippen molar-refractivity contribution in [3.63, 3.8) is 0 Å². The van der Waals surface area contributed by atoms with E-state index in [1.54, 1.807) is 25.9 Å². The lowest BCUT2D eigenvalue weighted by molar-refractivity contribution is 0.777. The van der Waals surface area contributed by atoms with Crippen molar-refractivity contribution < 1.29 is 0 Å². The Balaban J connectivity index is 3.38. The van der Waals surface area contributed by atoms with Crippen LogP contribution >= 0.6 is 11.8 Å². The molecule has 0 aromatic carbocycles. The number of hydrogen-bond acceptors (Lipinski definition) is 3. The van der Waals surface area contributed by atoms with E-state index in [0.29, 0.717) is 0 Å². The third kappa shape index (κ3) is 2.87. The van der Waals surface area contributed by atoms with Crippen LogP contribution in [0.4, 0.5) is 0 Å². The van der Waals surface area contributed by atoms with Crippen molar-refractivity contribution in [3.05, 3.63) is 0 Å². The number of nitrogens with zero attached hydrogens (tertiary/aromatic N) is 1. The van der Waals surface area contributed by atoms with Gasteiger partial charge in [0.15, 0.2) is 5.17 Å². The zero-order valence-corrected chi connectivity index (χ0v) is 6.17. The van der Waals surface area contributed by atoms with Gasteiger partial charge in [-0.3, -0.25) is 4.99 Å². The second-order valence-electron chi connectivity index (χ2n) is 1.11. The molecule has 0 aliphatic carbocycles. The Labute approximate surface area is 53.9 Å². The highest BCUT2D eigenvalue weighted by Crippen LogP contribution is 1.90. The largest absolute Gasteiger partial charge is 0.301 e. The van der Waals surface area contributed by atoms with Crippen molar-refractivity contribution in [1.82, 2.24) is 10.9 Å². The molecule has 48 valence electrons. The third-order valence-corrected chi connectivity index (χ3v) is 1.30. The van der Waals surface area contributed by atoms with Gasteiger partial charge in [0.2, 0.25) is 0 Å². The fraction of sp³-hybridized carbons (Fsp3) is 0.750. The van der Waals surface area contributed by atoms with Crippen LogP contribution in [0.2, 0.25) is 0 Å². The molecule has 4 heteroatoms. The molecule has 0 aromatic heterocycles. The first-order chi connectivity index (χ1) is 3.85. The average Bonchev–Trinajstić information content (AvgIpc) is 1.83. The molecule has 0 aliphatic heterocycles. The number of thioether (sulfide) groups is 1. The van der Waals surface area contributed by atoms with Gasteiger partial charge in [-0.25, -0.2) is 5.43 Å². The smallest absolute Gasteiger partial charge is 0.170 e. The second-order valence-corrected chi connectivity index (χ2v) is 1.90. The summed E-state index contributed by atoms with van der Waals surface area (Å²) < 4.78 is 0. The Hall–Kier alpha value is -0.220. The Morgan fingerprint density at radius 1 is 1.62 bits per heavy atom. The summed E-state index contributed by atoms with van der Waals surface area (Å²) in [5, 5.41) is 0.896. The monoisotopic (exact) mass is 133 g/mol. The van der Waals surface area contributed by atoms with Gasteiger partial charge in [-0.2, -0.15) is 0 Å². The van der Waals surface area contributed by atoms with E-state index in [4.69, 9.17) is 0 Å². The summed E-state index contributed by atoms with van der Waals surface area (Å²) in [6.45, 7) is 0. The van der Waals surface area contributed by atoms with Crippen LogP contribution in [0.25, 0.3) is 0 Å². The van der Waals surface area contributed by atoms with E-state index >= 15 is 0 Å². The van der Waals surface area contributed by atoms with E-state index in [0.717, 1.165) is 5.17 Å². The highest BCUT2D eigenvalue weighted by molar-refractivity contribution is 8.13. The molecule has 0 spiro atoms. The normalized spacial score (nSPS) is 11.6. The van der Waals surface area contributed by atoms with Gasteiger partial charge < -0.3 is 5.43 Å². The summed E-state index contributed by atoms with van der Waals surface area (Å²) in [7, 11) is 3.55. The van der Waals surface area contributed by atoms with E-state index in [2.05, 4.69) is 15.8 Å². The minimum atomic E-state index is 0.896. The van der Waals surface area contributed by atoms with Crippen molar-refractivity contribution in [2.75, 3.05) is 20.4 Å². The molecule has 2 N–H and O–H groups in total. The average molecular weight is 133 g/mol. The Morgan fingerprint density at radius 3 is 2.38 bits per heavy atom. The molecule has 8 heavy (non-hydrogen) atoms. The summed E-state index contributed by atoms with van der Waals surface area (Å²) in [5.74, 6) is 0. The van der Waals surface area contributed by atoms with Gasteiger partial charge in [0.05, 0.1) is 0 Å².